The van der Waals surface area contributed by atoms with Crippen molar-refractivity contribution in [3.63, 3.8) is 0 Å². The molecular formula is C38H36FNO10. The monoisotopic (exact) mass is 685 g/mol. The number of halogens is 1. The molecule has 1 amide bonds. The van der Waals surface area contributed by atoms with Gasteiger partial charge in [0, 0.05) is 11.3 Å². The molecular weight excluding hydrogens is 649 g/mol. The quantitative estimate of drug-likeness (QED) is 0.156. The third-order valence-corrected chi connectivity index (χ3v) is 10.4. The zero-order valence-electron chi connectivity index (χ0n) is 26.7. The van der Waals surface area contributed by atoms with Gasteiger partial charge in [-0.2, -0.15) is 0 Å². The molecule has 2 heterocycles. The highest BCUT2D eigenvalue weighted by Gasteiger charge is 2.64. The van der Waals surface area contributed by atoms with E-state index >= 15 is 0 Å². The second-order valence-corrected chi connectivity index (χ2v) is 13.3. The number of rotatable bonds is 7. The Hall–Kier alpha value is -4.85. The van der Waals surface area contributed by atoms with Crippen molar-refractivity contribution in [2.45, 2.75) is 68.0 Å². The summed E-state index contributed by atoms with van der Waals surface area (Å²) >= 11 is 0. The van der Waals surface area contributed by atoms with E-state index in [-0.39, 0.29) is 30.2 Å². The summed E-state index contributed by atoms with van der Waals surface area (Å²) in [5.74, 6) is -1.92. The number of β-lactam (4-membered cyclic amide) rings is 1. The first kappa shape index (κ1) is 33.6. The molecule has 260 valence electrons. The largest absolute Gasteiger partial charge is 0.508 e. The number of benzene rings is 4. The number of carboxylic acid groups (broad SMARTS) is 1. The molecule has 7 rings (SSSR count). The van der Waals surface area contributed by atoms with E-state index in [2.05, 4.69) is 0 Å². The molecule has 4 aromatic rings. The topological polar surface area (TPSA) is 177 Å². The lowest BCUT2D eigenvalue weighted by Crippen LogP contribution is -2.65. The van der Waals surface area contributed by atoms with Crippen LogP contribution in [0, 0.1) is 11.2 Å². The van der Waals surface area contributed by atoms with Gasteiger partial charge in [-0.25, -0.2) is 9.18 Å². The van der Waals surface area contributed by atoms with Gasteiger partial charge in [0.15, 0.2) is 6.10 Å². The lowest BCUT2D eigenvalue weighted by molar-refractivity contribution is -0.271. The molecule has 0 aromatic heterocycles. The Balaban J connectivity index is 1.16. The zero-order valence-corrected chi connectivity index (χ0v) is 26.7. The maximum Gasteiger partial charge on any atom is 0.335 e. The zero-order chi connectivity index (χ0) is 35.4. The number of carbonyl (C=O) groups is 2. The van der Waals surface area contributed by atoms with Crippen LogP contribution in [0.3, 0.4) is 0 Å². The van der Waals surface area contributed by atoms with Gasteiger partial charge >= 0.3 is 5.97 Å². The van der Waals surface area contributed by atoms with Gasteiger partial charge in [-0.15, -0.1) is 0 Å². The fraction of sp³-hybridized carbons (Fsp3) is 0.316. The SMILES string of the molecule is O=C(O)C1O[C@@H](Oc2cccc(-c3ccc([C@H]4N(c5ccccc5)C(=O)C45CCC(O)(c4ccc(F)cc4)CC5)c(O)c3)c2)[C@@H](O)C(O)[C@@H]1O. The summed E-state index contributed by atoms with van der Waals surface area (Å²) in [5, 5.41) is 63.0. The third-order valence-electron chi connectivity index (χ3n) is 10.4. The van der Waals surface area contributed by atoms with Crippen LogP contribution >= 0.6 is 0 Å². The van der Waals surface area contributed by atoms with Gasteiger partial charge in [0.05, 0.1) is 17.1 Å². The van der Waals surface area contributed by atoms with Crippen molar-refractivity contribution in [3.05, 3.63) is 114 Å². The minimum Gasteiger partial charge on any atom is -0.508 e. The molecule has 1 saturated carbocycles. The molecule has 4 aromatic carbocycles. The lowest BCUT2D eigenvalue weighted by atomic mass is 9.56. The number of ether oxygens (including phenoxy) is 2. The first-order chi connectivity index (χ1) is 23.9. The number of hydrogen-bond donors (Lipinski definition) is 6. The summed E-state index contributed by atoms with van der Waals surface area (Å²) in [5.41, 5.74) is 0.865. The Morgan fingerprint density at radius 1 is 0.820 bits per heavy atom. The molecule has 2 aliphatic heterocycles. The fourth-order valence-electron chi connectivity index (χ4n) is 7.58. The van der Waals surface area contributed by atoms with E-state index in [1.807, 2.05) is 30.3 Å². The maximum absolute atomic E-state index is 14.0. The number of aliphatic hydroxyl groups excluding tert-OH is 3. The Bertz CT molecular complexity index is 1900. The fourth-order valence-corrected chi connectivity index (χ4v) is 7.58. The third kappa shape index (κ3) is 5.68. The number of phenolic OH excluding ortho intramolecular Hbond substituents is 1. The summed E-state index contributed by atoms with van der Waals surface area (Å²) < 4.78 is 24.6. The molecule has 6 N–H and O–H groups in total. The second kappa shape index (κ2) is 12.8. The van der Waals surface area contributed by atoms with E-state index in [1.54, 1.807) is 59.5 Å². The Morgan fingerprint density at radius 3 is 2.16 bits per heavy atom. The molecule has 0 radical (unpaired) electrons. The van der Waals surface area contributed by atoms with Crippen molar-refractivity contribution < 1.29 is 54.1 Å². The molecule has 2 unspecified atom stereocenters. The van der Waals surface area contributed by atoms with E-state index in [0.717, 1.165) is 0 Å². The average Bonchev–Trinajstić information content (AvgIpc) is 3.12. The van der Waals surface area contributed by atoms with E-state index in [9.17, 15) is 44.6 Å². The van der Waals surface area contributed by atoms with E-state index in [4.69, 9.17) is 9.47 Å². The number of aromatic hydroxyl groups is 1. The number of amides is 1. The molecule has 3 aliphatic rings. The molecule has 3 fully saturated rings. The number of phenols is 1. The number of carboxylic acids is 1. The van der Waals surface area contributed by atoms with Gasteiger partial charge in [-0.3, -0.25) is 4.79 Å². The predicted molar refractivity (Wildman–Crippen MR) is 176 cm³/mol. The highest BCUT2D eigenvalue weighted by molar-refractivity contribution is 6.06. The van der Waals surface area contributed by atoms with Crippen LogP contribution in [-0.2, 0) is 19.9 Å². The standard InChI is InChI=1S/C38H36FNO10/c39-24-12-10-23(11-13-24)38(48)17-15-37(16-18-38)33(40(36(37)47)25-6-2-1-3-7-25)27-14-9-22(20-28(27)41)21-5-4-8-26(19-21)49-35-31(44)29(42)30(43)32(50-35)34(45)46/h1-14,19-20,29-33,35,41-44,48H,15-18H2,(H,45,46)/t29?,30-,31-,32?,33+,35+,37?,38?/m0/s1. The molecule has 0 bridgehead atoms. The van der Waals surface area contributed by atoms with Gasteiger partial charge < -0.3 is 45.0 Å². The molecule has 50 heavy (non-hydrogen) atoms. The van der Waals surface area contributed by atoms with Crippen molar-refractivity contribution in [2.75, 3.05) is 4.90 Å². The lowest BCUT2D eigenvalue weighted by Gasteiger charge is -2.59. The van der Waals surface area contributed by atoms with Crippen LogP contribution in [0.5, 0.6) is 11.5 Å². The molecule has 1 spiro atoms. The van der Waals surface area contributed by atoms with Crippen molar-refractivity contribution in [3.8, 4) is 22.6 Å². The first-order valence-electron chi connectivity index (χ1n) is 16.3. The summed E-state index contributed by atoms with van der Waals surface area (Å²) in [6.45, 7) is 0. The highest BCUT2D eigenvalue weighted by Crippen LogP contribution is 2.62. The average molecular weight is 686 g/mol. The molecule has 12 heteroatoms. The minimum atomic E-state index is -1.85. The van der Waals surface area contributed by atoms with E-state index in [0.29, 0.717) is 40.8 Å². The van der Waals surface area contributed by atoms with Crippen molar-refractivity contribution in [2.24, 2.45) is 5.41 Å². The predicted octanol–water partition coefficient (Wildman–Crippen LogP) is 4.01. The second-order valence-electron chi connectivity index (χ2n) is 13.3. The van der Waals surface area contributed by atoms with Crippen LogP contribution in [0.2, 0.25) is 0 Å². The Morgan fingerprint density at radius 2 is 1.50 bits per heavy atom. The molecule has 11 nitrogen and oxygen atoms in total. The normalized spacial score (nSPS) is 30.9. The molecule has 1 aliphatic carbocycles. The first-order valence-corrected chi connectivity index (χ1v) is 16.3. The minimum absolute atomic E-state index is 0.0570. The van der Waals surface area contributed by atoms with Crippen LogP contribution in [0.15, 0.2) is 97.1 Å². The van der Waals surface area contributed by atoms with Gasteiger partial charge in [0.25, 0.3) is 0 Å². The van der Waals surface area contributed by atoms with Crippen LogP contribution < -0.4 is 9.64 Å². The van der Waals surface area contributed by atoms with Crippen LogP contribution in [-0.4, -0.2) is 73.2 Å². The van der Waals surface area contributed by atoms with Crippen LogP contribution in [0.1, 0.15) is 42.9 Å². The highest BCUT2D eigenvalue weighted by atomic mass is 19.1. The van der Waals surface area contributed by atoms with Crippen LogP contribution in [0.4, 0.5) is 10.1 Å². The number of carbonyl (C=O) groups excluding carboxylic acids is 1. The van der Waals surface area contributed by atoms with Gasteiger partial charge in [-0.05, 0) is 84.8 Å². The van der Waals surface area contributed by atoms with Gasteiger partial charge in [0.2, 0.25) is 12.2 Å². The number of hydrogen-bond acceptors (Lipinski definition) is 9. The summed E-state index contributed by atoms with van der Waals surface area (Å²) in [7, 11) is 0. The number of aliphatic carboxylic acids is 1. The van der Waals surface area contributed by atoms with Crippen LogP contribution in [0.25, 0.3) is 11.1 Å². The van der Waals surface area contributed by atoms with E-state index < -0.39 is 59.6 Å². The summed E-state index contributed by atoms with van der Waals surface area (Å²) in [6.07, 6.45) is -7.57. The smallest absolute Gasteiger partial charge is 0.335 e. The number of nitrogens with zero attached hydrogens (tertiary/aromatic N) is 1. The maximum atomic E-state index is 14.0. The summed E-state index contributed by atoms with van der Waals surface area (Å²) in [4.78, 5) is 27.2. The number of aliphatic hydroxyl groups is 4. The Kier molecular flexibility index (Phi) is 8.61. The van der Waals surface area contributed by atoms with Crippen molar-refractivity contribution >= 4 is 17.6 Å². The van der Waals surface area contributed by atoms with Crippen molar-refractivity contribution in [1.29, 1.82) is 0 Å². The van der Waals surface area contributed by atoms with Crippen molar-refractivity contribution in [1.82, 2.24) is 0 Å². The van der Waals surface area contributed by atoms with E-state index in [1.165, 1.54) is 12.1 Å². The number of anilines is 1. The number of para-hydroxylation sites is 1. The van der Waals surface area contributed by atoms with Gasteiger partial charge in [-0.1, -0.05) is 54.6 Å². The molecule has 6 atom stereocenters. The molecule has 2 saturated heterocycles. The summed E-state index contributed by atoms with van der Waals surface area (Å²) in [6, 6.07) is 26.0. The van der Waals surface area contributed by atoms with Gasteiger partial charge in [0.1, 0.15) is 35.6 Å². The Labute approximate surface area is 286 Å².